The lowest BCUT2D eigenvalue weighted by Gasteiger charge is -2.26. The number of hydrogen-bond acceptors (Lipinski definition) is 3. The van der Waals surface area contributed by atoms with Crippen molar-refractivity contribution in [3.05, 3.63) is 35.5 Å². The zero-order chi connectivity index (χ0) is 17.1. The molecule has 1 aromatic heterocycles. The third-order valence-electron chi connectivity index (χ3n) is 4.85. The Labute approximate surface area is 143 Å². The van der Waals surface area contributed by atoms with E-state index in [4.69, 9.17) is 0 Å². The van der Waals surface area contributed by atoms with Crippen LogP contribution in [0.25, 0.3) is 10.9 Å². The van der Waals surface area contributed by atoms with E-state index in [9.17, 15) is 9.90 Å². The monoisotopic (exact) mass is 329 g/mol. The van der Waals surface area contributed by atoms with Crippen LogP contribution in [0.2, 0.25) is 0 Å². The molecular weight excluding hydrogens is 302 g/mol. The van der Waals surface area contributed by atoms with E-state index in [-0.39, 0.29) is 6.04 Å². The minimum atomic E-state index is -0.854. The number of nitrogens with zero attached hydrogens (tertiary/aromatic N) is 2. The number of carboxylic acids is 1. The number of para-hydroxylation sites is 1. The van der Waals surface area contributed by atoms with E-state index in [1.165, 1.54) is 5.56 Å². The predicted molar refractivity (Wildman–Crippen MR) is 96.9 cm³/mol. The van der Waals surface area contributed by atoms with Gasteiger partial charge in [-0.05, 0) is 44.9 Å². The van der Waals surface area contributed by atoms with Gasteiger partial charge in [0.25, 0.3) is 0 Å². The van der Waals surface area contributed by atoms with E-state index >= 15 is 0 Å². The van der Waals surface area contributed by atoms with E-state index in [0.29, 0.717) is 5.56 Å². The van der Waals surface area contributed by atoms with Gasteiger partial charge < -0.3 is 19.9 Å². The van der Waals surface area contributed by atoms with Crippen molar-refractivity contribution >= 4 is 16.9 Å². The maximum atomic E-state index is 11.6. The van der Waals surface area contributed by atoms with Gasteiger partial charge in [-0.1, -0.05) is 12.1 Å². The molecule has 1 aliphatic rings. The van der Waals surface area contributed by atoms with E-state index in [2.05, 4.69) is 40.9 Å². The van der Waals surface area contributed by atoms with Crippen molar-refractivity contribution in [2.45, 2.75) is 32.7 Å². The van der Waals surface area contributed by atoms with Crippen LogP contribution >= 0.6 is 0 Å². The van der Waals surface area contributed by atoms with Crippen LogP contribution in [0.3, 0.4) is 0 Å². The second kappa shape index (κ2) is 7.36. The Hall–Kier alpha value is -1.85. The number of carboxylic acid groups (broad SMARTS) is 1. The summed E-state index contributed by atoms with van der Waals surface area (Å²) >= 11 is 0. The normalized spacial score (nSPS) is 16.1. The quantitative estimate of drug-likeness (QED) is 0.856. The van der Waals surface area contributed by atoms with Crippen LogP contribution in [0.4, 0.5) is 0 Å². The molecule has 1 fully saturated rings. The fourth-order valence-corrected chi connectivity index (χ4v) is 3.59. The molecule has 0 radical (unpaired) electrons. The van der Waals surface area contributed by atoms with Crippen LogP contribution in [-0.4, -0.2) is 53.3 Å². The van der Waals surface area contributed by atoms with Gasteiger partial charge in [0, 0.05) is 43.8 Å². The largest absolute Gasteiger partial charge is 0.478 e. The first-order valence-corrected chi connectivity index (χ1v) is 8.86. The van der Waals surface area contributed by atoms with Gasteiger partial charge in [-0.25, -0.2) is 4.79 Å². The molecule has 2 N–H and O–H groups in total. The molecule has 0 amide bonds. The Bertz CT molecular complexity index is 715. The number of carbonyl (C=O) groups is 1. The van der Waals surface area contributed by atoms with Gasteiger partial charge in [-0.3, -0.25) is 0 Å². The first-order valence-electron chi connectivity index (χ1n) is 8.86. The minimum Gasteiger partial charge on any atom is -0.478 e. The van der Waals surface area contributed by atoms with E-state index < -0.39 is 5.97 Å². The Morgan fingerprint density at radius 3 is 2.71 bits per heavy atom. The summed E-state index contributed by atoms with van der Waals surface area (Å²) in [5, 5.41) is 14.0. The molecule has 1 aromatic carbocycles. The van der Waals surface area contributed by atoms with Crippen LogP contribution < -0.4 is 5.32 Å². The smallest absolute Gasteiger partial charge is 0.337 e. The number of piperazine rings is 1. The van der Waals surface area contributed by atoms with Gasteiger partial charge in [-0.15, -0.1) is 0 Å². The summed E-state index contributed by atoms with van der Waals surface area (Å²) in [5.41, 5.74) is 2.52. The highest BCUT2D eigenvalue weighted by molar-refractivity contribution is 6.03. The molecule has 0 atom stereocenters. The fraction of sp³-hybridized carbons (Fsp3) is 0.526. The van der Waals surface area contributed by atoms with E-state index in [1.54, 1.807) is 6.07 Å². The maximum absolute atomic E-state index is 11.6. The molecule has 130 valence electrons. The predicted octanol–water partition coefficient (Wildman–Crippen LogP) is 2.76. The van der Waals surface area contributed by atoms with Gasteiger partial charge in [0.05, 0.1) is 11.1 Å². The van der Waals surface area contributed by atoms with Crippen LogP contribution in [0.15, 0.2) is 24.4 Å². The van der Waals surface area contributed by atoms with Crippen molar-refractivity contribution < 1.29 is 9.90 Å². The van der Waals surface area contributed by atoms with Crippen molar-refractivity contribution in [3.8, 4) is 0 Å². The summed E-state index contributed by atoms with van der Waals surface area (Å²) in [6.45, 7) is 9.71. The fourth-order valence-electron chi connectivity index (χ4n) is 3.59. The molecule has 0 bridgehead atoms. The lowest BCUT2D eigenvalue weighted by molar-refractivity contribution is 0.0698. The van der Waals surface area contributed by atoms with Crippen molar-refractivity contribution in [3.63, 3.8) is 0 Å². The Morgan fingerprint density at radius 2 is 2.04 bits per heavy atom. The number of aromatic nitrogens is 1. The summed E-state index contributed by atoms with van der Waals surface area (Å²) < 4.78 is 2.11. The number of fused-ring (bicyclic) bond motifs is 1. The molecule has 1 aliphatic heterocycles. The Balaban J connectivity index is 1.82. The second-order valence-electron chi connectivity index (χ2n) is 6.86. The SMILES string of the molecule is CC(C)n1cc(CCCN2CCNCC2)c2cccc(C(=O)O)c21. The first-order chi connectivity index (χ1) is 11.6. The molecule has 1 saturated heterocycles. The number of rotatable bonds is 6. The molecule has 24 heavy (non-hydrogen) atoms. The molecule has 0 spiro atoms. The highest BCUT2D eigenvalue weighted by Gasteiger charge is 2.17. The van der Waals surface area contributed by atoms with Crippen LogP contribution in [0.1, 0.15) is 42.2 Å². The summed E-state index contributed by atoms with van der Waals surface area (Å²) in [6, 6.07) is 5.86. The van der Waals surface area contributed by atoms with Gasteiger partial charge in [-0.2, -0.15) is 0 Å². The lowest BCUT2D eigenvalue weighted by atomic mass is 10.1. The van der Waals surface area contributed by atoms with Crippen molar-refractivity contribution in [2.24, 2.45) is 0 Å². The standard InChI is InChI=1S/C19H27N3O2/c1-14(2)22-13-15(5-4-10-21-11-8-20-9-12-21)16-6-3-7-17(18(16)22)19(23)24/h3,6-7,13-14,20H,4-5,8-12H2,1-2H3,(H,23,24). The molecule has 0 unspecified atom stereocenters. The average Bonchev–Trinajstić information content (AvgIpc) is 2.95. The number of nitrogens with one attached hydrogen (secondary N) is 1. The summed E-state index contributed by atoms with van der Waals surface area (Å²) in [7, 11) is 0. The lowest BCUT2D eigenvalue weighted by Crippen LogP contribution is -2.43. The van der Waals surface area contributed by atoms with Crippen molar-refractivity contribution in [1.29, 1.82) is 0 Å². The minimum absolute atomic E-state index is 0.245. The number of aromatic carboxylic acids is 1. The highest BCUT2D eigenvalue weighted by atomic mass is 16.4. The molecule has 0 aliphatic carbocycles. The zero-order valence-electron chi connectivity index (χ0n) is 14.6. The molecule has 5 nitrogen and oxygen atoms in total. The van der Waals surface area contributed by atoms with Crippen molar-refractivity contribution in [1.82, 2.24) is 14.8 Å². The summed E-state index contributed by atoms with van der Waals surface area (Å²) in [4.78, 5) is 14.1. The zero-order valence-corrected chi connectivity index (χ0v) is 14.6. The van der Waals surface area contributed by atoms with E-state index in [0.717, 1.165) is 56.5 Å². The van der Waals surface area contributed by atoms with Crippen LogP contribution in [-0.2, 0) is 6.42 Å². The molecule has 2 heterocycles. The van der Waals surface area contributed by atoms with Crippen molar-refractivity contribution in [2.75, 3.05) is 32.7 Å². The van der Waals surface area contributed by atoms with Crippen LogP contribution in [0.5, 0.6) is 0 Å². The molecule has 5 heteroatoms. The van der Waals surface area contributed by atoms with Crippen LogP contribution in [0, 0.1) is 0 Å². The van der Waals surface area contributed by atoms with Gasteiger partial charge >= 0.3 is 5.97 Å². The molecule has 3 rings (SSSR count). The topological polar surface area (TPSA) is 57.5 Å². The molecule has 2 aromatic rings. The number of benzene rings is 1. The number of hydrogen-bond donors (Lipinski definition) is 2. The highest BCUT2D eigenvalue weighted by Crippen LogP contribution is 2.28. The Kier molecular flexibility index (Phi) is 5.21. The third-order valence-corrected chi connectivity index (χ3v) is 4.85. The summed E-state index contributed by atoms with van der Waals surface area (Å²) in [6.07, 6.45) is 4.25. The van der Waals surface area contributed by atoms with Gasteiger partial charge in [0.15, 0.2) is 0 Å². The summed E-state index contributed by atoms with van der Waals surface area (Å²) in [5.74, 6) is -0.854. The Morgan fingerprint density at radius 1 is 1.29 bits per heavy atom. The van der Waals surface area contributed by atoms with E-state index in [1.807, 2.05) is 6.07 Å². The third kappa shape index (κ3) is 3.47. The molecule has 0 saturated carbocycles. The maximum Gasteiger partial charge on any atom is 0.337 e. The average molecular weight is 329 g/mol. The van der Waals surface area contributed by atoms with Gasteiger partial charge in [0.1, 0.15) is 0 Å². The molecular formula is C19H27N3O2. The first kappa shape index (κ1) is 17.0. The number of aryl methyl sites for hydroxylation is 1. The van der Waals surface area contributed by atoms with Gasteiger partial charge in [0.2, 0.25) is 0 Å². The second-order valence-corrected chi connectivity index (χ2v) is 6.86.